The number of H-pyrrole nitrogens is 1. The number of rotatable bonds is 11. The fourth-order valence-corrected chi connectivity index (χ4v) is 10.9. The van der Waals surface area contributed by atoms with Crippen molar-refractivity contribution >= 4 is 45.8 Å². The second-order valence-electron chi connectivity index (χ2n) is 18.7. The summed E-state index contributed by atoms with van der Waals surface area (Å²) in [4.78, 5) is 68.0. The molecule has 3 amide bonds. The van der Waals surface area contributed by atoms with Crippen LogP contribution in [0, 0.1) is 18.4 Å². The van der Waals surface area contributed by atoms with Crippen molar-refractivity contribution in [2.24, 2.45) is 0 Å². The minimum Gasteiger partial charge on any atom is -0.371 e. The summed E-state index contributed by atoms with van der Waals surface area (Å²) in [6, 6.07) is 15.7. The molecule has 3 aromatic carbocycles. The Kier molecular flexibility index (Phi) is 12.0. The van der Waals surface area contributed by atoms with Crippen LogP contribution < -0.4 is 10.2 Å². The number of imide groups is 1. The van der Waals surface area contributed by atoms with Crippen LogP contribution >= 0.6 is 0 Å². The number of hydrogen-bond donors (Lipinski definition) is 2. The molecule has 1 atom stereocenters. The first kappa shape index (κ1) is 42.5. The van der Waals surface area contributed by atoms with E-state index in [0.717, 1.165) is 122 Å². The number of hydrogen-bond acceptors (Lipinski definition) is 7. The van der Waals surface area contributed by atoms with E-state index in [1.807, 2.05) is 30.3 Å². The average Bonchev–Trinajstić information content (AvgIpc) is 3.86. The third-order valence-electron chi connectivity index (χ3n) is 14.6. The number of aromatic nitrogens is 1. The van der Waals surface area contributed by atoms with Crippen molar-refractivity contribution in [3.63, 3.8) is 0 Å². The Morgan fingerprint density at radius 3 is 2.41 bits per heavy atom. The topological polar surface area (TPSA) is 113 Å². The lowest BCUT2D eigenvalue weighted by molar-refractivity contribution is -0.136. The van der Waals surface area contributed by atoms with E-state index in [-0.39, 0.29) is 29.4 Å². The molecule has 0 bridgehead atoms. The van der Waals surface area contributed by atoms with Gasteiger partial charge in [0, 0.05) is 109 Å². The molecule has 1 unspecified atom stereocenters. The highest BCUT2D eigenvalue weighted by atomic mass is 16.2. The summed E-state index contributed by atoms with van der Waals surface area (Å²) in [5.41, 5.74) is 9.50. The van der Waals surface area contributed by atoms with E-state index in [4.69, 9.17) is 6.57 Å². The van der Waals surface area contributed by atoms with Gasteiger partial charge >= 0.3 is 0 Å². The Labute approximate surface area is 371 Å². The lowest BCUT2D eigenvalue weighted by atomic mass is 9.70. The first-order chi connectivity index (χ1) is 30.5. The highest BCUT2D eigenvalue weighted by Crippen LogP contribution is 2.46. The smallest absolute Gasteiger partial charge is 0.255 e. The van der Waals surface area contributed by atoms with E-state index in [9.17, 15) is 19.2 Å². The third kappa shape index (κ3) is 8.18. The van der Waals surface area contributed by atoms with Gasteiger partial charge in [-0.1, -0.05) is 70.1 Å². The summed E-state index contributed by atoms with van der Waals surface area (Å²) in [5, 5.41) is 3.27. The van der Waals surface area contributed by atoms with Crippen LogP contribution in [0.4, 0.5) is 11.4 Å². The van der Waals surface area contributed by atoms with Crippen LogP contribution in [0.2, 0.25) is 0 Å². The molecule has 1 aromatic heterocycles. The van der Waals surface area contributed by atoms with Crippen LogP contribution in [0.25, 0.3) is 15.7 Å². The number of unbranched alkanes of at least 4 members (excludes halogenated alkanes) is 5. The molecule has 63 heavy (non-hydrogen) atoms. The van der Waals surface area contributed by atoms with Crippen molar-refractivity contribution in [1.29, 1.82) is 0 Å². The molecule has 5 aliphatic rings. The maximum atomic E-state index is 14.1. The lowest BCUT2D eigenvalue weighted by Crippen LogP contribution is -2.53. The molecule has 11 nitrogen and oxygen atoms in total. The molecule has 3 fully saturated rings. The molecular formula is C52H59N7O4. The molecule has 0 radical (unpaired) electrons. The number of carbonyl (C=O) groups excluding carboxylic acids is 4. The third-order valence-corrected chi connectivity index (χ3v) is 14.6. The molecule has 1 aliphatic carbocycles. The Balaban J connectivity index is 0.698. The van der Waals surface area contributed by atoms with Gasteiger partial charge in [0.15, 0.2) is 11.5 Å². The van der Waals surface area contributed by atoms with Crippen molar-refractivity contribution in [3.8, 4) is 11.8 Å². The molecule has 11 heteroatoms. The molecule has 9 rings (SSSR count). The Bertz CT molecular complexity index is 2570. The Hall–Kier alpha value is -5.75. The first-order valence-electron chi connectivity index (χ1n) is 23.3. The normalized spacial score (nSPS) is 20.3. The summed E-state index contributed by atoms with van der Waals surface area (Å²) in [5.74, 6) is 5.88. The van der Waals surface area contributed by atoms with E-state index in [1.54, 1.807) is 11.0 Å². The standard InChI is InChI=1S/C52H59N7O4/c1-5-34-30-40-42(52(2,3)49-47(48(40)61)39-18-17-36(53-4)31-43(39)54-49)32-45(34)58-24-21-37(22-25-58)57-28-26-56(27-29-57)23-12-10-8-6-7-9-11-14-35-15-13-16-38-41(35)33-59(51(38)63)44-19-20-46(60)55-50(44)62/h13,15-18,30-32,37,44,54H,5-10,12,19-29,33H2,1-3H3,(H,55,60,62). The van der Waals surface area contributed by atoms with Crippen LogP contribution in [0.5, 0.6) is 0 Å². The molecule has 0 saturated carbocycles. The number of benzene rings is 3. The van der Waals surface area contributed by atoms with Gasteiger partial charge in [0.25, 0.3) is 5.91 Å². The number of ketones is 1. The van der Waals surface area contributed by atoms with E-state index in [1.165, 1.54) is 37.1 Å². The number of nitrogens with zero attached hydrogens (tertiary/aromatic N) is 5. The van der Waals surface area contributed by atoms with Crippen molar-refractivity contribution in [1.82, 2.24) is 25.0 Å². The number of aromatic amines is 1. The van der Waals surface area contributed by atoms with Crippen LogP contribution in [-0.2, 0) is 28.0 Å². The van der Waals surface area contributed by atoms with E-state index < -0.39 is 11.9 Å². The van der Waals surface area contributed by atoms with Gasteiger partial charge in [-0.05, 0) is 92.1 Å². The fourth-order valence-electron chi connectivity index (χ4n) is 10.9. The zero-order chi connectivity index (χ0) is 43.8. The van der Waals surface area contributed by atoms with E-state index in [2.05, 4.69) is 74.6 Å². The van der Waals surface area contributed by atoms with Crippen molar-refractivity contribution in [3.05, 3.63) is 105 Å². The summed E-state index contributed by atoms with van der Waals surface area (Å²) in [6.07, 6.45) is 10.5. The van der Waals surface area contributed by atoms with E-state index in [0.29, 0.717) is 30.3 Å². The quantitative estimate of drug-likeness (QED) is 0.0684. The maximum Gasteiger partial charge on any atom is 0.255 e. The predicted octanol–water partition coefficient (Wildman–Crippen LogP) is 7.89. The fraction of sp³-hybridized carbons (Fsp3) is 0.481. The molecule has 2 N–H and O–H groups in total. The summed E-state index contributed by atoms with van der Waals surface area (Å²) >= 11 is 0. The minimum absolute atomic E-state index is 0.0794. The second-order valence-corrected chi connectivity index (χ2v) is 18.7. The largest absolute Gasteiger partial charge is 0.371 e. The molecule has 0 spiro atoms. The number of aryl methyl sites for hydroxylation is 1. The van der Waals surface area contributed by atoms with Crippen molar-refractivity contribution in [2.75, 3.05) is 50.7 Å². The lowest BCUT2D eigenvalue weighted by Gasteiger charge is -2.44. The average molecular weight is 846 g/mol. The number of anilines is 1. The van der Waals surface area contributed by atoms with Crippen LogP contribution in [0.15, 0.2) is 48.5 Å². The number of nitrogens with one attached hydrogen (secondary N) is 2. The van der Waals surface area contributed by atoms with Crippen LogP contribution in [-0.4, -0.2) is 101 Å². The predicted molar refractivity (Wildman–Crippen MR) is 246 cm³/mol. The first-order valence-corrected chi connectivity index (χ1v) is 23.3. The monoisotopic (exact) mass is 845 g/mol. The van der Waals surface area contributed by atoms with Gasteiger partial charge in [-0.25, -0.2) is 4.85 Å². The molecule has 3 saturated heterocycles. The summed E-state index contributed by atoms with van der Waals surface area (Å²) in [7, 11) is 0. The summed E-state index contributed by atoms with van der Waals surface area (Å²) < 4.78 is 0. The van der Waals surface area contributed by atoms with Crippen molar-refractivity contribution in [2.45, 2.75) is 115 Å². The Morgan fingerprint density at radius 2 is 1.65 bits per heavy atom. The van der Waals surface area contributed by atoms with Gasteiger partial charge in [0.1, 0.15) is 6.04 Å². The number of piperidine rings is 2. The van der Waals surface area contributed by atoms with Crippen molar-refractivity contribution < 1.29 is 19.2 Å². The number of fused-ring (bicyclic) bond motifs is 5. The van der Waals surface area contributed by atoms with Gasteiger partial charge in [-0.3, -0.25) is 29.4 Å². The zero-order valence-corrected chi connectivity index (χ0v) is 37.1. The molecule has 4 aromatic rings. The molecule has 4 aliphatic heterocycles. The Morgan fingerprint density at radius 1 is 0.873 bits per heavy atom. The van der Waals surface area contributed by atoms with Gasteiger partial charge in [-0.2, -0.15) is 0 Å². The van der Waals surface area contributed by atoms with Crippen LogP contribution in [0.1, 0.15) is 139 Å². The van der Waals surface area contributed by atoms with Gasteiger partial charge in [-0.15, -0.1) is 0 Å². The van der Waals surface area contributed by atoms with Gasteiger partial charge < -0.3 is 19.7 Å². The van der Waals surface area contributed by atoms with E-state index >= 15 is 0 Å². The number of carbonyl (C=O) groups is 4. The highest BCUT2D eigenvalue weighted by Gasteiger charge is 2.42. The summed E-state index contributed by atoms with van der Waals surface area (Å²) in [6.45, 7) is 22.2. The zero-order valence-electron chi connectivity index (χ0n) is 37.1. The maximum absolute atomic E-state index is 14.1. The number of piperazine rings is 1. The van der Waals surface area contributed by atoms with Crippen LogP contribution in [0.3, 0.4) is 0 Å². The molecule has 5 heterocycles. The number of amides is 3. The second kappa shape index (κ2) is 17.8. The van der Waals surface area contributed by atoms with Gasteiger partial charge in [0.2, 0.25) is 11.8 Å². The molecular weight excluding hydrogens is 787 g/mol. The minimum atomic E-state index is -0.615. The SMILES string of the molecule is [C-]#[N+]c1ccc2c3c([nH]c2c1)C(C)(C)c1cc(N2CCC(N4CCN(CCCCCCCC#Cc5cccc6c5CN(C5CCC(=O)NC5=O)C6=O)CC4)CC2)c(CC)cc1C3=O. The van der Waals surface area contributed by atoms with Gasteiger partial charge in [0.05, 0.1) is 12.1 Å². The highest BCUT2D eigenvalue weighted by molar-refractivity contribution is 6.20. The molecule has 326 valence electrons.